The van der Waals surface area contributed by atoms with Gasteiger partial charge in [-0.1, -0.05) is 0 Å². The highest BCUT2D eigenvalue weighted by molar-refractivity contribution is 5.87. The van der Waals surface area contributed by atoms with Gasteiger partial charge in [0.05, 0.1) is 11.1 Å². The van der Waals surface area contributed by atoms with Gasteiger partial charge in [0.25, 0.3) is 0 Å². The molecule has 1 aromatic rings. The lowest BCUT2D eigenvalue weighted by molar-refractivity contribution is -0.131. The third-order valence-corrected chi connectivity index (χ3v) is 4.69. The number of hydrogen-bond acceptors (Lipinski definition) is 4. The van der Waals surface area contributed by atoms with Crippen molar-refractivity contribution in [1.82, 2.24) is 15.5 Å². The number of ether oxygens (including phenoxy) is 2. The Kier molecular flexibility index (Phi) is 4.55. The standard InChI is InChI=1S/C15H23N3O3/c19-14(16-11-12-2-7-20-8-3-12)15(4-9-21-10-5-15)13-1-6-17-18-13/h1,6,12H,2-5,7-11H2,(H,16,19)(H,17,18). The summed E-state index contributed by atoms with van der Waals surface area (Å²) in [5, 5.41) is 10.1. The number of aromatic amines is 1. The molecule has 6 heteroatoms. The molecule has 0 saturated carbocycles. The Morgan fingerprint density at radius 1 is 1.29 bits per heavy atom. The van der Waals surface area contributed by atoms with Crippen LogP contribution in [-0.2, 0) is 19.7 Å². The molecule has 2 fully saturated rings. The number of hydrogen-bond donors (Lipinski definition) is 2. The molecular formula is C15H23N3O3. The van der Waals surface area contributed by atoms with E-state index in [1.807, 2.05) is 6.07 Å². The molecule has 0 aliphatic carbocycles. The van der Waals surface area contributed by atoms with Gasteiger partial charge in [0.15, 0.2) is 0 Å². The van der Waals surface area contributed by atoms with Crippen LogP contribution in [0.3, 0.4) is 0 Å². The van der Waals surface area contributed by atoms with E-state index in [9.17, 15) is 4.79 Å². The van der Waals surface area contributed by atoms with Crippen molar-refractivity contribution in [2.75, 3.05) is 33.0 Å². The lowest BCUT2D eigenvalue weighted by atomic mass is 9.76. The number of H-pyrrole nitrogens is 1. The molecule has 116 valence electrons. The normalized spacial score (nSPS) is 22.9. The van der Waals surface area contributed by atoms with Gasteiger partial charge in [0.1, 0.15) is 0 Å². The Labute approximate surface area is 124 Å². The molecule has 0 aromatic carbocycles. The number of nitrogens with one attached hydrogen (secondary N) is 2. The van der Waals surface area contributed by atoms with E-state index in [4.69, 9.17) is 9.47 Å². The molecule has 6 nitrogen and oxygen atoms in total. The topological polar surface area (TPSA) is 76.2 Å². The van der Waals surface area contributed by atoms with Gasteiger partial charge in [0.2, 0.25) is 5.91 Å². The van der Waals surface area contributed by atoms with Crippen LogP contribution in [-0.4, -0.2) is 49.1 Å². The average molecular weight is 293 g/mol. The Morgan fingerprint density at radius 2 is 2.00 bits per heavy atom. The number of amides is 1. The molecular weight excluding hydrogens is 270 g/mol. The summed E-state index contributed by atoms with van der Waals surface area (Å²) in [6.45, 7) is 3.58. The second kappa shape index (κ2) is 6.58. The maximum absolute atomic E-state index is 12.8. The van der Waals surface area contributed by atoms with Crippen LogP contribution in [0, 0.1) is 5.92 Å². The predicted octanol–water partition coefficient (Wildman–Crippen LogP) is 1.00. The minimum atomic E-state index is -0.514. The molecule has 0 radical (unpaired) electrons. The third-order valence-electron chi connectivity index (χ3n) is 4.69. The first-order valence-corrected chi connectivity index (χ1v) is 7.75. The van der Waals surface area contributed by atoms with Crippen LogP contribution in [0.2, 0.25) is 0 Å². The van der Waals surface area contributed by atoms with E-state index in [0.29, 0.717) is 32.0 Å². The molecule has 3 heterocycles. The number of carbonyl (C=O) groups excluding carboxylic acids is 1. The summed E-state index contributed by atoms with van der Waals surface area (Å²) >= 11 is 0. The molecule has 2 N–H and O–H groups in total. The Morgan fingerprint density at radius 3 is 2.67 bits per heavy atom. The average Bonchev–Trinajstić information content (AvgIpc) is 3.09. The van der Waals surface area contributed by atoms with Crippen molar-refractivity contribution in [2.24, 2.45) is 5.92 Å². The summed E-state index contributed by atoms with van der Waals surface area (Å²) in [7, 11) is 0. The molecule has 3 rings (SSSR count). The first-order chi connectivity index (χ1) is 10.3. The van der Waals surface area contributed by atoms with E-state index in [-0.39, 0.29) is 5.91 Å². The smallest absolute Gasteiger partial charge is 0.232 e. The van der Waals surface area contributed by atoms with E-state index in [1.165, 1.54) is 0 Å². The van der Waals surface area contributed by atoms with Gasteiger partial charge < -0.3 is 14.8 Å². The van der Waals surface area contributed by atoms with Crippen molar-refractivity contribution in [3.05, 3.63) is 18.0 Å². The van der Waals surface area contributed by atoms with Crippen molar-refractivity contribution in [3.8, 4) is 0 Å². The minimum Gasteiger partial charge on any atom is -0.381 e. The van der Waals surface area contributed by atoms with E-state index < -0.39 is 5.41 Å². The Bertz CT molecular complexity index is 449. The van der Waals surface area contributed by atoms with Crippen molar-refractivity contribution in [3.63, 3.8) is 0 Å². The number of rotatable bonds is 4. The summed E-state index contributed by atoms with van der Waals surface area (Å²) in [5.41, 5.74) is 0.384. The fraction of sp³-hybridized carbons (Fsp3) is 0.733. The first kappa shape index (κ1) is 14.5. The summed E-state index contributed by atoms with van der Waals surface area (Å²) in [6.07, 6.45) is 5.17. The van der Waals surface area contributed by atoms with Gasteiger partial charge in [0, 0.05) is 39.2 Å². The lowest BCUT2D eigenvalue weighted by Gasteiger charge is -2.35. The predicted molar refractivity (Wildman–Crippen MR) is 76.9 cm³/mol. The largest absolute Gasteiger partial charge is 0.381 e. The molecule has 0 spiro atoms. The van der Waals surface area contributed by atoms with E-state index in [2.05, 4.69) is 15.5 Å². The van der Waals surface area contributed by atoms with Crippen molar-refractivity contribution in [1.29, 1.82) is 0 Å². The summed E-state index contributed by atoms with van der Waals surface area (Å²) < 4.78 is 10.8. The number of aromatic nitrogens is 2. The van der Waals surface area contributed by atoms with Gasteiger partial charge in [-0.25, -0.2) is 0 Å². The minimum absolute atomic E-state index is 0.0986. The summed E-state index contributed by atoms with van der Waals surface area (Å²) in [6, 6.07) is 1.90. The van der Waals surface area contributed by atoms with Crippen LogP contribution in [0.5, 0.6) is 0 Å². The third kappa shape index (κ3) is 3.11. The maximum Gasteiger partial charge on any atom is 0.232 e. The Balaban J connectivity index is 1.66. The monoisotopic (exact) mass is 293 g/mol. The highest BCUT2D eigenvalue weighted by atomic mass is 16.5. The zero-order valence-electron chi connectivity index (χ0n) is 12.3. The highest BCUT2D eigenvalue weighted by Crippen LogP contribution is 2.34. The SMILES string of the molecule is O=C(NCC1CCOCC1)C1(c2ccn[nH]2)CCOCC1. The molecule has 21 heavy (non-hydrogen) atoms. The zero-order chi connectivity index (χ0) is 14.5. The van der Waals surface area contributed by atoms with E-state index in [1.54, 1.807) is 6.20 Å². The quantitative estimate of drug-likeness (QED) is 0.868. The molecule has 2 aliphatic rings. The van der Waals surface area contributed by atoms with Crippen molar-refractivity contribution < 1.29 is 14.3 Å². The van der Waals surface area contributed by atoms with Crippen LogP contribution >= 0.6 is 0 Å². The highest BCUT2D eigenvalue weighted by Gasteiger charge is 2.43. The number of carbonyl (C=O) groups is 1. The fourth-order valence-electron chi connectivity index (χ4n) is 3.22. The van der Waals surface area contributed by atoms with Gasteiger partial charge in [-0.05, 0) is 37.7 Å². The molecule has 1 amide bonds. The zero-order valence-corrected chi connectivity index (χ0v) is 12.3. The van der Waals surface area contributed by atoms with E-state index in [0.717, 1.165) is 38.3 Å². The molecule has 0 unspecified atom stereocenters. The van der Waals surface area contributed by atoms with Gasteiger partial charge in [-0.2, -0.15) is 5.10 Å². The maximum atomic E-state index is 12.8. The van der Waals surface area contributed by atoms with Crippen molar-refractivity contribution in [2.45, 2.75) is 31.1 Å². The second-order valence-electron chi connectivity index (χ2n) is 5.93. The van der Waals surface area contributed by atoms with E-state index >= 15 is 0 Å². The van der Waals surface area contributed by atoms with Gasteiger partial charge in [-0.15, -0.1) is 0 Å². The lowest BCUT2D eigenvalue weighted by Crippen LogP contribution is -2.49. The van der Waals surface area contributed by atoms with Gasteiger partial charge in [-0.3, -0.25) is 9.89 Å². The van der Waals surface area contributed by atoms with Crippen LogP contribution in [0.4, 0.5) is 0 Å². The first-order valence-electron chi connectivity index (χ1n) is 7.75. The summed E-state index contributed by atoms with van der Waals surface area (Å²) in [4.78, 5) is 12.8. The molecule has 2 saturated heterocycles. The molecule has 1 aromatic heterocycles. The second-order valence-corrected chi connectivity index (χ2v) is 5.93. The number of nitrogens with zero attached hydrogens (tertiary/aromatic N) is 1. The van der Waals surface area contributed by atoms with Crippen molar-refractivity contribution >= 4 is 5.91 Å². The summed E-state index contributed by atoms with van der Waals surface area (Å²) in [5.74, 6) is 0.628. The van der Waals surface area contributed by atoms with Gasteiger partial charge >= 0.3 is 0 Å². The molecule has 0 atom stereocenters. The molecule has 0 bridgehead atoms. The molecule has 2 aliphatic heterocycles. The van der Waals surface area contributed by atoms with Crippen LogP contribution in [0.1, 0.15) is 31.4 Å². The van der Waals surface area contributed by atoms with Crippen LogP contribution in [0.15, 0.2) is 12.3 Å². The van der Waals surface area contributed by atoms with Crippen LogP contribution in [0.25, 0.3) is 0 Å². The Hall–Kier alpha value is -1.40. The fourth-order valence-corrected chi connectivity index (χ4v) is 3.22. The van der Waals surface area contributed by atoms with Crippen LogP contribution < -0.4 is 5.32 Å².